The minimum Gasteiger partial charge on any atom is -0.464 e. The van der Waals surface area contributed by atoms with Crippen molar-refractivity contribution in [2.75, 3.05) is 19.5 Å². The average molecular weight is 454 g/mol. The fraction of sp³-hybridized carbons (Fsp3) is 0.304. The molecule has 1 fully saturated rings. The van der Waals surface area contributed by atoms with Crippen LogP contribution in [0, 0.1) is 17.2 Å². The highest BCUT2D eigenvalue weighted by molar-refractivity contribution is 6.33. The van der Waals surface area contributed by atoms with Crippen molar-refractivity contribution < 1.29 is 23.9 Å². The molecule has 4 rings (SSSR count). The van der Waals surface area contributed by atoms with Gasteiger partial charge in [0, 0.05) is 17.7 Å². The Hall–Kier alpha value is -3.57. The van der Waals surface area contributed by atoms with Crippen LogP contribution in [0.3, 0.4) is 0 Å². The zero-order valence-electron chi connectivity index (χ0n) is 17.5. The van der Waals surface area contributed by atoms with Crippen LogP contribution >= 0.6 is 11.6 Å². The van der Waals surface area contributed by atoms with E-state index in [1.54, 1.807) is 19.1 Å². The minimum atomic E-state index is -0.757. The molecule has 1 heterocycles. The Kier molecular flexibility index (Phi) is 5.53. The Bertz CT molecular complexity index is 1230. The molecule has 1 aromatic carbocycles. The number of nitrogens with zero attached hydrogens (tertiary/aromatic N) is 2. The largest absolute Gasteiger partial charge is 0.464 e. The van der Waals surface area contributed by atoms with Gasteiger partial charge in [0.15, 0.2) is 11.5 Å². The molecular formula is C23H20ClN3O5. The van der Waals surface area contributed by atoms with E-state index in [1.807, 2.05) is 6.07 Å². The molecule has 0 spiro atoms. The molecular weight excluding hydrogens is 434 g/mol. The van der Waals surface area contributed by atoms with Crippen molar-refractivity contribution in [2.45, 2.75) is 25.7 Å². The van der Waals surface area contributed by atoms with E-state index in [2.05, 4.69) is 0 Å². The summed E-state index contributed by atoms with van der Waals surface area (Å²) in [7, 11) is 1.19. The molecule has 2 aliphatic rings. The second-order valence-electron chi connectivity index (χ2n) is 7.66. The predicted octanol–water partition coefficient (Wildman–Crippen LogP) is 3.55. The van der Waals surface area contributed by atoms with Crippen molar-refractivity contribution in [1.29, 1.82) is 5.26 Å². The number of anilines is 1. The standard InChI is InChI=1S/C23H20ClN3O5/c1-3-32-22(29)16-6-13(11-4-5-11)14-7-17(24)18(8-15(14)21(16)28)27-10-12(9-25)19(26)20(27)23(30)31-2/h6-8,10-11,13H,3-5,26H2,1-2H3. The number of esters is 2. The summed E-state index contributed by atoms with van der Waals surface area (Å²) in [6, 6.07) is 5.13. The maximum Gasteiger partial charge on any atom is 0.357 e. The summed E-state index contributed by atoms with van der Waals surface area (Å²) in [6.07, 6.45) is 5.01. The molecule has 32 heavy (non-hydrogen) atoms. The number of fused-ring (bicyclic) bond motifs is 1. The number of nitriles is 1. The fourth-order valence-corrected chi connectivity index (χ4v) is 4.31. The molecule has 9 heteroatoms. The highest BCUT2D eigenvalue weighted by Crippen LogP contribution is 2.48. The summed E-state index contributed by atoms with van der Waals surface area (Å²) in [5.74, 6) is -1.73. The van der Waals surface area contributed by atoms with Crippen LogP contribution in [0.25, 0.3) is 5.69 Å². The van der Waals surface area contributed by atoms with Crippen LogP contribution in [0.15, 0.2) is 30.0 Å². The van der Waals surface area contributed by atoms with Crippen molar-refractivity contribution in [3.63, 3.8) is 0 Å². The van der Waals surface area contributed by atoms with E-state index >= 15 is 0 Å². The number of ketones is 1. The van der Waals surface area contributed by atoms with Crippen molar-refractivity contribution in [3.05, 3.63) is 57.4 Å². The van der Waals surface area contributed by atoms with Crippen molar-refractivity contribution >= 4 is 35.0 Å². The molecule has 164 valence electrons. The highest BCUT2D eigenvalue weighted by atomic mass is 35.5. The maximum absolute atomic E-state index is 13.2. The molecule has 0 bridgehead atoms. The summed E-state index contributed by atoms with van der Waals surface area (Å²) in [6.45, 7) is 1.83. The monoisotopic (exact) mass is 453 g/mol. The molecule has 0 radical (unpaired) electrons. The van der Waals surface area contributed by atoms with E-state index in [0.29, 0.717) is 11.5 Å². The predicted molar refractivity (Wildman–Crippen MR) is 116 cm³/mol. The first-order chi connectivity index (χ1) is 15.3. The van der Waals surface area contributed by atoms with Gasteiger partial charge in [-0.15, -0.1) is 0 Å². The van der Waals surface area contributed by atoms with Crippen LogP contribution < -0.4 is 5.73 Å². The topological polar surface area (TPSA) is 124 Å². The van der Waals surface area contributed by atoms with Crippen LogP contribution in [0.4, 0.5) is 5.69 Å². The van der Waals surface area contributed by atoms with E-state index in [1.165, 1.54) is 23.9 Å². The maximum atomic E-state index is 13.2. The van der Waals surface area contributed by atoms with Crippen LogP contribution in [0.1, 0.15) is 57.7 Å². The number of rotatable bonds is 5. The molecule has 0 saturated heterocycles. The number of halogens is 1. The number of hydrogen-bond donors (Lipinski definition) is 1. The van der Waals surface area contributed by atoms with E-state index < -0.39 is 17.7 Å². The first kappa shape index (κ1) is 21.7. The normalized spacial score (nSPS) is 17.2. The SMILES string of the molecule is CCOC(=O)C1=CC(C2CC2)c2cc(Cl)c(-n3cc(C#N)c(N)c3C(=O)OC)cc2C1=O. The third-order valence-corrected chi connectivity index (χ3v) is 6.04. The number of ether oxygens (including phenoxy) is 2. The number of hydrogen-bond acceptors (Lipinski definition) is 7. The molecule has 2 N–H and O–H groups in total. The van der Waals surface area contributed by atoms with Crippen LogP contribution in [-0.2, 0) is 14.3 Å². The molecule has 0 aliphatic heterocycles. The van der Waals surface area contributed by atoms with E-state index in [4.69, 9.17) is 26.8 Å². The number of aromatic nitrogens is 1. The number of carbonyl (C=O) groups is 3. The van der Waals surface area contributed by atoms with Crippen molar-refractivity contribution in [2.24, 2.45) is 5.92 Å². The van der Waals surface area contributed by atoms with Gasteiger partial charge < -0.3 is 19.8 Å². The van der Waals surface area contributed by atoms with E-state index in [-0.39, 0.29) is 45.8 Å². The first-order valence-corrected chi connectivity index (χ1v) is 10.5. The van der Waals surface area contributed by atoms with Crippen LogP contribution in [0.2, 0.25) is 5.02 Å². The molecule has 8 nitrogen and oxygen atoms in total. The van der Waals surface area contributed by atoms with Gasteiger partial charge in [-0.3, -0.25) is 4.79 Å². The average Bonchev–Trinajstić information content (AvgIpc) is 3.56. The lowest BCUT2D eigenvalue weighted by atomic mass is 9.80. The Labute approximate surface area is 189 Å². The second kappa shape index (κ2) is 8.17. The number of allylic oxidation sites excluding steroid dienone is 1. The molecule has 1 atom stereocenters. The Morgan fingerprint density at radius 2 is 2.03 bits per heavy atom. The van der Waals surface area contributed by atoms with Gasteiger partial charge in [0.2, 0.25) is 0 Å². The second-order valence-corrected chi connectivity index (χ2v) is 8.07. The quantitative estimate of drug-likeness (QED) is 0.542. The zero-order chi connectivity index (χ0) is 23.2. The van der Waals surface area contributed by atoms with Gasteiger partial charge in [-0.05, 0) is 43.4 Å². The number of methoxy groups -OCH3 is 1. The molecule has 2 aromatic rings. The molecule has 2 aliphatic carbocycles. The Balaban J connectivity index is 1.91. The number of nitrogen functional groups attached to an aromatic ring is 1. The lowest BCUT2D eigenvalue weighted by molar-refractivity contribution is -0.138. The Morgan fingerprint density at radius 1 is 1.31 bits per heavy atom. The molecule has 1 unspecified atom stereocenters. The molecule has 1 saturated carbocycles. The van der Waals surface area contributed by atoms with E-state index in [0.717, 1.165) is 18.4 Å². The third-order valence-electron chi connectivity index (χ3n) is 5.74. The zero-order valence-corrected chi connectivity index (χ0v) is 18.2. The van der Waals surface area contributed by atoms with Gasteiger partial charge in [-0.25, -0.2) is 9.59 Å². The number of Topliss-reactive ketones (excluding diaryl/α,β-unsaturated/α-hetero) is 1. The van der Waals surface area contributed by atoms with Gasteiger partial charge in [0.05, 0.1) is 35.7 Å². The summed E-state index contributed by atoms with van der Waals surface area (Å²) < 4.78 is 11.2. The van der Waals surface area contributed by atoms with Gasteiger partial charge in [-0.2, -0.15) is 5.26 Å². The molecule has 0 amide bonds. The number of carbonyl (C=O) groups excluding carboxylic acids is 3. The van der Waals surface area contributed by atoms with Crippen LogP contribution in [0.5, 0.6) is 0 Å². The third kappa shape index (κ3) is 3.45. The first-order valence-electron chi connectivity index (χ1n) is 10.1. The summed E-state index contributed by atoms with van der Waals surface area (Å²) >= 11 is 6.59. The number of nitrogens with two attached hydrogens (primary N) is 1. The molecule has 1 aromatic heterocycles. The van der Waals surface area contributed by atoms with E-state index in [9.17, 15) is 19.6 Å². The van der Waals surface area contributed by atoms with Gasteiger partial charge in [0.1, 0.15) is 11.6 Å². The minimum absolute atomic E-state index is 0.0116. The lowest BCUT2D eigenvalue weighted by Gasteiger charge is -2.25. The number of benzene rings is 1. The lowest BCUT2D eigenvalue weighted by Crippen LogP contribution is -2.24. The summed E-state index contributed by atoms with van der Waals surface area (Å²) in [5, 5.41) is 9.63. The fourth-order valence-electron chi connectivity index (χ4n) is 4.04. The summed E-state index contributed by atoms with van der Waals surface area (Å²) in [4.78, 5) is 38.0. The van der Waals surface area contributed by atoms with Crippen LogP contribution in [-0.4, -0.2) is 36.0 Å². The van der Waals surface area contributed by atoms with Crippen molar-refractivity contribution in [3.8, 4) is 11.8 Å². The van der Waals surface area contributed by atoms with Gasteiger partial charge in [0.25, 0.3) is 0 Å². The Morgan fingerprint density at radius 3 is 2.62 bits per heavy atom. The van der Waals surface area contributed by atoms with Gasteiger partial charge in [-0.1, -0.05) is 17.7 Å². The van der Waals surface area contributed by atoms with Gasteiger partial charge >= 0.3 is 11.9 Å². The van der Waals surface area contributed by atoms with Crippen molar-refractivity contribution in [1.82, 2.24) is 4.57 Å². The summed E-state index contributed by atoms with van der Waals surface area (Å²) in [5.41, 5.74) is 7.20. The highest BCUT2D eigenvalue weighted by Gasteiger charge is 2.40. The smallest absolute Gasteiger partial charge is 0.357 e.